The second-order valence-corrected chi connectivity index (χ2v) is 4.78. The van der Waals surface area contributed by atoms with E-state index in [1.165, 1.54) is 11.3 Å². The lowest BCUT2D eigenvalue weighted by Crippen LogP contribution is -2.47. The van der Waals surface area contributed by atoms with Crippen LogP contribution in [0.2, 0.25) is 0 Å². The molecule has 3 N–H and O–H groups in total. The van der Waals surface area contributed by atoms with Gasteiger partial charge in [-0.05, 0) is 5.92 Å². The molecule has 0 fully saturated rings. The van der Waals surface area contributed by atoms with Crippen LogP contribution >= 0.6 is 11.3 Å². The number of alkyl carbamates (subject to hydrolysis) is 1. The minimum Gasteiger partial charge on any atom is -0.444 e. The Morgan fingerprint density at radius 1 is 1.59 bits per heavy atom. The minimum atomic E-state index is -0.719. The maximum absolute atomic E-state index is 11.4. The molecule has 1 aromatic rings. The molecule has 1 rings (SSSR count). The number of carbonyl (C=O) groups is 2. The first-order valence-corrected chi connectivity index (χ1v) is 5.98. The minimum absolute atomic E-state index is 0.0801. The van der Waals surface area contributed by atoms with Gasteiger partial charge in [0.05, 0.1) is 10.4 Å². The molecular weight excluding hydrogens is 242 g/mol. The largest absolute Gasteiger partial charge is 0.444 e. The lowest BCUT2D eigenvalue weighted by Gasteiger charge is -2.18. The van der Waals surface area contributed by atoms with E-state index < -0.39 is 18.0 Å². The molecule has 1 aromatic heterocycles. The lowest BCUT2D eigenvalue weighted by atomic mass is 10.0. The van der Waals surface area contributed by atoms with Crippen molar-refractivity contribution in [3.8, 4) is 0 Å². The number of nitrogens with two attached hydrogens (primary N) is 1. The molecular formula is C10H15N3O3S. The van der Waals surface area contributed by atoms with Crippen molar-refractivity contribution in [3.63, 3.8) is 0 Å². The van der Waals surface area contributed by atoms with Crippen molar-refractivity contribution in [1.29, 1.82) is 0 Å². The van der Waals surface area contributed by atoms with E-state index in [1.54, 1.807) is 25.6 Å². The zero-order valence-corrected chi connectivity index (χ0v) is 10.5. The summed E-state index contributed by atoms with van der Waals surface area (Å²) in [7, 11) is 0. The molecule has 0 aliphatic rings. The van der Waals surface area contributed by atoms with E-state index in [0.29, 0.717) is 0 Å². The number of aromatic nitrogens is 1. The Labute approximate surface area is 103 Å². The summed E-state index contributed by atoms with van der Waals surface area (Å²) in [6.45, 7) is 3.72. The Balaban J connectivity index is 2.40. The van der Waals surface area contributed by atoms with Crippen LogP contribution in [0.25, 0.3) is 0 Å². The molecule has 0 radical (unpaired) electrons. The predicted octanol–water partition coefficient (Wildman–Crippen LogP) is 0.879. The number of amides is 2. The number of carbonyl (C=O) groups excluding carboxylic acids is 2. The number of nitrogens with zero attached hydrogens (tertiary/aromatic N) is 1. The van der Waals surface area contributed by atoms with E-state index in [0.717, 1.165) is 4.88 Å². The molecule has 0 unspecified atom stereocenters. The van der Waals surface area contributed by atoms with E-state index in [1.807, 2.05) is 0 Å². The molecule has 17 heavy (non-hydrogen) atoms. The molecule has 0 bridgehead atoms. The molecule has 0 saturated heterocycles. The van der Waals surface area contributed by atoms with Gasteiger partial charge in [0.2, 0.25) is 5.91 Å². The van der Waals surface area contributed by atoms with Gasteiger partial charge in [-0.1, -0.05) is 13.8 Å². The molecule has 0 aliphatic carbocycles. The number of rotatable bonds is 5. The summed E-state index contributed by atoms with van der Waals surface area (Å²) < 4.78 is 4.93. The molecule has 0 spiro atoms. The Bertz CT molecular complexity index is 378. The Kier molecular flexibility index (Phi) is 4.89. The first-order chi connectivity index (χ1) is 8.00. The van der Waals surface area contributed by atoms with Crippen LogP contribution in [0.4, 0.5) is 4.79 Å². The highest BCUT2D eigenvalue weighted by Gasteiger charge is 2.22. The average molecular weight is 257 g/mol. The summed E-state index contributed by atoms with van der Waals surface area (Å²) in [6.07, 6.45) is 0.960. The third-order valence-electron chi connectivity index (χ3n) is 2.08. The van der Waals surface area contributed by atoms with Gasteiger partial charge in [-0.2, -0.15) is 0 Å². The quantitative estimate of drug-likeness (QED) is 0.818. The molecule has 0 aliphatic heterocycles. The number of primary amides is 1. The van der Waals surface area contributed by atoms with Gasteiger partial charge in [-0.15, -0.1) is 11.3 Å². The van der Waals surface area contributed by atoms with E-state index >= 15 is 0 Å². The predicted molar refractivity (Wildman–Crippen MR) is 63.3 cm³/mol. The highest BCUT2D eigenvalue weighted by Crippen LogP contribution is 2.07. The van der Waals surface area contributed by atoms with Crippen LogP contribution in [-0.4, -0.2) is 23.0 Å². The molecule has 6 nitrogen and oxygen atoms in total. The fourth-order valence-electron chi connectivity index (χ4n) is 1.19. The van der Waals surface area contributed by atoms with Gasteiger partial charge in [0.25, 0.3) is 0 Å². The van der Waals surface area contributed by atoms with Crippen LogP contribution in [-0.2, 0) is 16.1 Å². The second-order valence-electron chi connectivity index (χ2n) is 3.81. The molecule has 2 amide bonds. The summed E-state index contributed by atoms with van der Waals surface area (Å²) in [5.41, 5.74) is 6.81. The van der Waals surface area contributed by atoms with Crippen LogP contribution < -0.4 is 11.1 Å². The van der Waals surface area contributed by atoms with Crippen LogP contribution in [0.3, 0.4) is 0 Å². The Morgan fingerprint density at radius 3 is 2.76 bits per heavy atom. The van der Waals surface area contributed by atoms with Gasteiger partial charge in [-0.25, -0.2) is 4.79 Å². The van der Waals surface area contributed by atoms with Crippen molar-refractivity contribution in [1.82, 2.24) is 10.3 Å². The molecule has 1 atom stereocenters. The molecule has 0 saturated carbocycles. The standard InChI is InChI=1S/C10H15N3O3S/c1-6(2)8(9(11)14)13-10(15)16-4-7-3-12-5-17-7/h3,5-6,8H,4H2,1-2H3,(H2,11,14)(H,13,15)/t8-/m0/s1. The zero-order valence-electron chi connectivity index (χ0n) is 9.67. The molecule has 94 valence electrons. The number of ether oxygens (including phenoxy) is 1. The van der Waals surface area contributed by atoms with Crippen molar-refractivity contribution in [3.05, 3.63) is 16.6 Å². The third-order valence-corrected chi connectivity index (χ3v) is 2.83. The zero-order chi connectivity index (χ0) is 12.8. The van der Waals surface area contributed by atoms with Crippen molar-refractivity contribution in [2.75, 3.05) is 0 Å². The lowest BCUT2D eigenvalue weighted by molar-refractivity contribution is -0.120. The van der Waals surface area contributed by atoms with Crippen molar-refractivity contribution in [2.45, 2.75) is 26.5 Å². The van der Waals surface area contributed by atoms with E-state index in [2.05, 4.69) is 10.3 Å². The monoisotopic (exact) mass is 257 g/mol. The van der Waals surface area contributed by atoms with Gasteiger partial charge >= 0.3 is 6.09 Å². The fraction of sp³-hybridized carbons (Fsp3) is 0.500. The highest BCUT2D eigenvalue weighted by molar-refractivity contribution is 7.09. The maximum atomic E-state index is 11.4. The van der Waals surface area contributed by atoms with E-state index in [9.17, 15) is 9.59 Å². The van der Waals surface area contributed by atoms with E-state index in [4.69, 9.17) is 10.5 Å². The summed E-state index contributed by atoms with van der Waals surface area (Å²) in [6, 6.07) is -0.719. The average Bonchev–Trinajstić information content (AvgIpc) is 2.74. The van der Waals surface area contributed by atoms with Crippen molar-refractivity contribution >= 4 is 23.3 Å². The first-order valence-electron chi connectivity index (χ1n) is 5.10. The van der Waals surface area contributed by atoms with Crippen LogP contribution in [0, 0.1) is 5.92 Å². The van der Waals surface area contributed by atoms with Crippen LogP contribution in [0.1, 0.15) is 18.7 Å². The number of thiazole rings is 1. The molecule has 7 heteroatoms. The normalized spacial score (nSPS) is 12.2. The van der Waals surface area contributed by atoms with E-state index in [-0.39, 0.29) is 12.5 Å². The Morgan fingerprint density at radius 2 is 2.29 bits per heavy atom. The highest BCUT2D eigenvalue weighted by atomic mass is 32.1. The summed E-state index contributed by atoms with van der Waals surface area (Å²) in [5.74, 6) is -0.654. The van der Waals surface area contributed by atoms with Gasteiger partial charge in [0, 0.05) is 6.20 Å². The SMILES string of the molecule is CC(C)[C@H](NC(=O)OCc1cncs1)C(N)=O. The topological polar surface area (TPSA) is 94.3 Å². The van der Waals surface area contributed by atoms with Crippen molar-refractivity contribution in [2.24, 2.45) is 11.7 Å². The summed E-state index contributed by atoms with van der Waals surface area (Å²) in [4.78, 5) is 27.1. The van der Waals surface area contributed by atoms with Crippen LogP contribution in [0.15, 0.2) is 11.7 Å². The van der Waals surface area contributed by atoms with Gasteiger partial charge in [-0.3, -0.25) is 9.78 Å². The molecule has 0 aromatic carbocycles. The smallest absolute Gasteiger partial charge is 0.408 e. The van der Waals surface area contributed by atoms with Gasteiger partial charge < -0.3 is 15.8 Å². The number of nitrogens with one attached hydrogen (secondary N) is 1. The molecule has 1 heterocycles. The second kappa shape index (κ2) is 6.19. The maximum Gasteiger partial charge on any atom is 0.408 e. The summed E-state index contributed by atoms with van der Waals surface area (Å²) in [5, 5.41) is 2.43. The number of hydrogen-bond donors (Lipinski definition) is 2. The fourth-order valence-corrected chi connectivity index (χ4v) is 1.69. The van der Waals surface area contributed by atoms with Gasteiger partial charge in [0.1, 0.15) is 12.6 Å². The third kappa shape index (κ3) is 4.39. The first kappa shape index (κ1) is 13.4. The summed E-state index contributed by atoms with van der Waals surface area (Å²) >= 11 is 1.39. The number of hydrogen-bond acceptors (Lipinski definition) is 5. The Hall–Kier alpha value is -1.63. The van der Waals surface area contributed by atoms with Crippen LogP contribution in [0.5, 0.6) is 0 Å². The van der Waals surface area contributed by atoms with Gasteiger partial charge in [0.15, 0.2) is 0 Å². The van der Waals surface area contributed by atoms with Crippen molar-refractivity contribution < 1.29 is 14.3 Å².